The van der Waals surface area contributed by atoms with Crippen LogP contribution in [-0.4, -0.2) is 19.8 Å². The van der Waals surface area contributed by atoms with Gasteiger partial charge in [0.15, 0.2) is 0 Å². The third-order valence-corrected chi connectivity index (χ3v) is 5.04. The lowest BCUT2D eigenvalue weighted by Crippen LogP contribution is -2.28. The van der Waals surface area contributed by atoms with Gasteiger partial charge in [-0.3, -0.25) is 0 Å². The quantitative estimate of drug-likeness (QED) is 0.895. The lowest BCUT2D eigenvalue weighted by Gasteiger charge is -2.22. The van der Waals surface area contributed by atoms with Crippen LogP contribution in [0.1, 0.15) is 30.7 Å². The highest BCUT2D eigenvalue weighted by molar-refractivity contribution is 7.19. The van der Waals surface area contributed by atoms with E-state index < -0.39 is 0 Å². The number of hydrogen-bond acceptors (Lipinski definition) is 3. The first kappa shape index (κ1) is 14.0. The molecule has 2 aromatic rings. The molecule has 0 aliphatic carbocycles. The summed E-state index contributed by atoms with van der Waals surface area (Å²) in [5, 5.41) is 4.77. The first-order valence-corrected chi connectivity index (χ1v) is 8.09. The number of benzene rings is 1. The van der Waals surface area contributed by atoms with Crippen LogP contribution < -0.4 is 5.32 Å². The van der Waals surface area contributed by atoms with E-state index in [0.717, 1.165) is 42.7 Å². The molecule has 1 aromatic heterocycles. The van der Waals surface area contributed by atoms with Crippen molar-refractivity contribution in [2.75, 3.05) is 19.8 Å². The first-order chi connectivity index (χ1) is 9.78. The second-order valence-electron chi connectivity index (χ2n) is 5.39. The highest BCUT2D eigenvalue weighted by Gasteiger charge is 2.27. The molecule has 20 heavy (non-hydrogen) atoms. The summed E-state index contributed by atoms with van der Waals surface area (Å²) < 4.78 is 19.9. The summed E-state index contributed by atoms with van der Waals surface area (Å²) >= 11 is 1.70. The normalized spacial score (nSPS) is 20.6. The van der Waals surface area contributed by atoms with Crippen molar-refractivity contribution in [1.29, 1.82) is 0 Å². The van der Waals surface area contributed by atoms with E-state index in [0.29, 0.717) is 12.0 Å². The smallest absolute Gasteiger partial charge is 0.124 e. The van der Waals surface area contributed by atoms with Crippen molar-refractivity contribution in [2.45, 2.75) is 25.8 Å². The highest BCUT2D eigenvalue weighted by Crippen LogP contribution is 2.36. The molecule has 1 fully saturated rings. The second-order valence-corrected chi connectivity index (χ2v) is 6.50. The molecule has 1 N–H and O–H groups in total. The van der Waals surface area contributed by atoms with E-state index in [1.807, 2.05) is 6.07 Å². The Morgan fingerprint density at radius 2 is 2.35 bits per heavy atom. The van der Waals surface area contributed by atoms with E-state index in [4.69, 9.17) is 4.74 Å². The van der Waals surface area contributed by atoms with Gasteiger partial charge >= 0.3 is 0 Å². The Morgan fingerprint density at radius 3 is 3.10 bits per heavy atom. The summed E-state index contributed by atoms with van der Waals surface area (Å²) in [5.74, 6) is 0.368. The molecule has 0 amide bonds. The molecule has 0 bridgehead atoms. The molecule has 0 spiro atoms. The number of rotatable bonds is 5. The van der Waals surface area contributed by atoms with Crippen LogP contribution in [0.4, 0.5) is 4.39 Å². The summed E-state index contributed by atoms with van der Waals surface area (Å²) in [7, 11) is 0. The zero-order chi connectivity index (χ0) is 13.9. The monoisotopic (exact) mass is 293 g/mol. The first-order valence-electron chi connectivity index (χ1n) is 7.28. The molecular formula is C16H20FNOS. The summed E-state index contributed by atoms with van der Waals surface area (Å²) in [6, 6.07) is 7.56. The number of nitrogens with one attached hydrogen (secondary N) is 1. The van der Waals surface area contributed by atoms with E-state index in [-0.39, 0.29) is 5.82 Å². The molecule has 2 atom stereocenters. The molecule has 4 heteroatoms. The fraction of sp³-hybridized carbons (Fsp3) is 0.500. The minimum Gasteiger partial charge on any atom is -0.381 e. The maximum Gasteiger partial charge on any atom is 0.124 e. The van der Waals surface area contributed by atoms with Gasteiger partial charge in [-0.25, -0.2) is 4.39 Å². The van der Waals surface area contributed by atoms with Gasteiger partial charge in [-0.15, -0.1) is 11.3 Å². The summed E-state index contributed by atoms with van der Waals surface area (Å²) in [6.07, 6.45) is 2.22. The summed E-state index contributed by atoms with van der Waals surface area (Å²) in [5.41, 5.74) is 0. The van der Waals surface area contributed by atoms with Gasteiger partial charge in [-0.1, -0.05) is 13.0 Å². The number of ether oxygens (including phenoxy) is 1. The number of hydrogen-bond donors (Lipinski definition) is 1. The van der Waals surface area contributed by atoms with Crippen molar-refractivity contribution in [1.82, 2.24) is 5.32 Å². The molecule has 2 heterocycles. The molecular weight excluding hydrogens is 273 g/mol. The minimum absolute atomic E-state index is 0.159. The Hall–Kier alpha value is -0.970. The number of fused-ring (bicyclic) bond motifs is 1. The zero-order valence-corrected chi connectivity index (χ0v) is 12.5. The Bertz CT molecular complexity index is 577. The van der Waals surface area contributed by atoms with Gasteiger partial charge in [0.05, 0.1) is 6.61 Å². The van der Waals surface area contributed by atoms with Crippen LogP contribution in [-0.2, 0) is 4.74 Å². The van der Waals surface area contributed by atoms with Crippen molar-refractivity contribution in [3.8, 4) is 0 Å². The van der Waals surface area contributed by atoms with E-state index in [1.165, 1.54) is 10.9 Å². The van der Waals surface area contributed by atoms with Crippen LogP contribution in [0.15, 0.2) is 24.3 Å². The average molecular weight is 293 g/mol. The van der Waals surface area contributed by atoms with E-state index >= 15 is 0 Å². The van der Waals surface area contributed by atoms with Crippen molar-refractivity contribution in [3.63, 3.8) is 0 Å². The maximum atomic E-state index is 13.3. The molecule has 1 aromatic carbocycles. The van der Waals surface area contributed by atoms with Crippen LogP contribution >= 0.6 is 11.3 Å². The van der Waals surface area contributed by atoms with Gasteiger partial charge < -0.3 is 10.1 Å². The van der Waals surface area contributed by atoms with Gasteiger partial charge in [0.2, 0.25) is 0 Å². The molecule has 108 valence electrons. The molecule has 1 aliphatic heterocycles. The molecule has 1 saturated heterocycles. The molecule has 3 rings (SSSR count). The van der Waals surface area contributed by atoms with Gasteiger partial charge in [-0.05, 0) is 43.0 Å². The highest BCUT2D eigenvalue weighted by atomic mass is 32.1. The molecule has 0 saturated carbocycles. The third kappa shape index (κ3) is 2.87. The Balaban J connectivity index is 1.90. The Morgan fingerprint density at radius 1 is 1.45 bits per heavy atom. The lowest BCUT2D eigenvalue weighted by atomic mass is 9.97. The van der Waals surface area contributed by atoms with Crippen molar-refractivity contribution < 1.29 is 9.13 Å². The average Bonchev–Trinajstić information content (AvgIpc) is 3.08. The van der Waals surface area contributed by atoms with Crippen molar-refractivity contribution in [3.05, 3.63) is 35.0 Å². The van der Waals surface area contributed by atoms with Crippen LogP contribution in [0.25, 0.3) is 10.1 Å². The lowest BCUT2D eigenvalue weighted by molar-refractivity contribution is 0.177. The van der Waals surface area contributed by atoms with Crippen molar-refractivity contribution >= 4 is 21.4 Å². The van der Waals surface area contributed by atoms with Gasteiger partial charge in [-0.2, -0.15) is 0 Å². The predicted molar refractivity (Wildman–Crippen MR) is 81.7 cm³/mol. The molecule has 2 nitrogen and oxygen atoms in total. The SMILES string of the molecule is CCCNC(c1cc2ccc(F)cc2s1)C1CCOC1. The van der Waals surface area contributed by atoms with E-state index in [1.54, 1.807) is 17.4 Å². The minimum atomic E-state index is -0.159. The number of halogens is 1. The molecule has 2 unspecified atom stereocenters. The van der Waals surface area contributed by atoms with Crippen molar-refractivity contribution in [2.24, 2.45) is 5.92 Å². The standard InChI is InChI=1S/C16H20FNOS/c1-2-6-18-16(12-5-7-19-10-12)15-8-11-3-4-13(17)9-14(11)20-15/h3-4,8-9,12,16,18H,2,5-7,10H2,1H3. The van der Waals surface area contributed by atoms with E-state index in [9.17, 15) is 4.39 Å². The summed E-state index contributed by atoms with van der Waals surface area (Å²) in [6.45, 7) is 4.86. The summed E-state index contributed by atoms with van der Waals surface area (Å²) in [4.78, 5) is 1.30. The molecule has 1 aliphatic rings. The van der Waals surface area contributed by atoms with Gasteiger partial charge in [0.25, 0.3) is 0 Å². The van der Waals surface area contributed by atoms with Crippen LogP contribution in [0.2, 0.25) is 0 Å². The van der Waals surface area contributed by atoms with Crippen LogP contribution in [0.3, 0.4) is 0 Å². The largest absolute Gasteiger partial charge is 0.381 e. The van der Waals surface area contributed by atoms with Gasteiger partial charge in [0.1, 0.15) is 5.82 Å². The third-order valence-electron chi connectivity index (χ3n) is 3.86. The maximum absolute atomic E-state index is 13.3. The van der Waals surface area contributed by atoms with Gasteiger partial charge in [0, 0.05) is 28.1 Å². The predicted octanol–water partition coefficient (Wildman–Crippen LogP) is 4.12. The fourth-order valence-corrected chi connectivity index (χ4v) is 4.05. The molecule has 0 radical (unpaired) electrons. The Labute approximate surface area is 122 Å². The number of thiophene rings is 1. The van der Waals surface area contributed by atoms with E-state index in [2.05, 4.69) is 18.3 Å². The van der Waals surface area contributed by atoms with Crippen LogP contribution in [0.5, 0.6) is 0 Å². The second kappa shape index (κ2) is 6.20. The topological polar surface area (TPSA) is 21.3 Å². The zero-order valence-electron chi connectivity index (χ0n) is 11.7. The van der Waals surface area contributed by atoms with Crippen LogP contribution in [0, 0.1) is 11.7 Å². The fourth-order valence-electron chi connectivity index (χ4n) is 2.79. The Kier molecular flexibility index (Phi) is 4.34.